The first kappa shape index (κ1) is 18.8. The van der Waals surface area contributed by atoms with Crippen LogP contribution in [0.25, 0.3) is 11.4 Å². The molecule has 146 valence electrons. The number of thioether (sulfide) groups is 1. The van der Waals surface area contributed by atoms with Gasteiger partial charge in [-0.2, -0.15) is 4.98 Å². The molecule has 2 heterocycles. The highest BCUT2D eigenvalue weighted by Crippen LogP contribution is 2.26. The Labute approximate surface area is 172 Å². The van der Waals surface area contributed by atoms with Crippen molar-refractivity contribution in [2.24, 2.45) is 0 Å². The summed E-state index contributed by atoms with van der Waals surface area (Å²) in [6.07, 6.45) is 1.88. The van der Waals surface area contributed by atoms with Gasteiger partial charge in [0.1, 0.15) is 11.6 Å². The number of aromatic amines is 1. The second kappa shape index (κ2) is 8.19. The molecule has 0 aliphatic heterocycles. The lowest BCUT2D eigenvalue weighted by atomic mass is 10.2. The summed E-state index contributed by atoms with van der Waals surface area (Å²) in [4.78, 5) is 11.6. The Bertz CT molecular complexity index is 1110. The number of ether oxygens (including phenoxy) is 1. The van der Waals surface area contributed by atoms with Gasteiger partial charge in [-0.05, 0) is 49.6 Å². The minimum atomic E-state index is 0.367. The highest BCUT2D eigenvalue weighted by atomic mass is 32.2. The maximum atomic E-state index is 5.78. The fourth-order valence-electron chi connectivity index (χ4n) is 2.59. The quantitative estimate of drug-likeness (QED) is 0.319. The second-order valence-corrected chi connectivity index (χ2v) is 7.03. The van der Waals surface area contributed by atoms with Crippen molar-refractivity contribution < 1.29 is 4.74 Å². The van der Waals surface area contributed by atoms with E-state index in [0.717, 1.165) is 11.3 Å². The minimum absolute atomic E-state index is 0.367. The van der Waals surface area contributed by atoms with Gasteiger partial charge in [-0.25, -0.2) is 4.98 Å². The van der Waals surface area contributed by atoms with Crippen molar-refractivity contribution in [2.75, 3.05) is 17.3 Å². The highest BCUT2D eigenvalue weighted by molar-refractivity contribution is 7.98. The first-order chi connectivity index (χ1) is 14.1. The number of hydrogen-bond donors (Lipinski definition) is 3. The van der Waals surface area contributed by atoms with Crippen molar-refractivity contribution in [3.8, 4) is 23.0 Å². The Morgan fingerprint density at radius 2 is 1.76 bits per heavy atom. The van der Waals surface area contributed by atoms with Gasteiger partial charge in [0.15, 0.2) is 11.0 Å². The summed E-state index contributed by atoms with van der Waals surface area (Å²) in [5.74, 6) is 2.63. The van der Waals surface area contributed by atoms with Gasteiger partial charge in [0, 0.05) is 17.3 Å². The summed E-state index contributed by atoms with van der Waals surface area (Å²) in [6.45, 7) is 2.05. The molecule has 4 N–H and O–H groups in total. The number of nitrogens with one attached hydrogen (secondary N) is 2. The van der Waals surface area contributed by atoms with E-state index in [2.05, 4.69) is 30.5 Å². The third kappa shape index (κ3) is 4.64. The average molecular weight is 405 g/mol. The van der Waals surface area contributed by atoms with Crippen LogP contribution in [0, 0.1) is 6.92 Å². The molecular formula is C20H19N7OS. The maximum absolute atomic E-state index is 5.78. The van der Waals surface area contributed by atoms with E-state index < -0.39 is 0 Å². The molecule has 8 nitrogen and oxygen atoms in total. The van der Waals surface area contributed by atoms with Crippen molar-refractivity contribution in [3.63, 3.8) is 0 Å². The van der Waals surface area contributed by atoms with Crippen molar-refractivity contribution >= 4 is 29.2 Å². The molecular weight excluding hydrogens is 386 g/mol. The molecule has 2 aromatic heterocycles. The molecule has 0 saturated heterocycles. The molecule has 0 aliphatic rings. The summed E-state index contributed by atoms with van der Waals surface area (Å²) in [7, 11) is 0. The normalized spacial score (nSPS) is 10.7. The number of benzene rings is 2. The molecule has 0 saturated carbocycles. The number of nitrogens with two attached hydrogens (primary N) is 1. The first-order valence-corrected chi connectivity index (χ1v) is 10.0. The van der Waals surface area contributed by atoms with Crippen molar-refractivity contribution in [1.82, 2.24) is 25.1 Å². The molecule has 9 heteroatoms. The third-order valence-corrected chi connectivity index (χ3v) is 4.58. The number of aromatic nitrogens is 5. The number of hydrogen-bond acceptors (Lipinski definition) is 8. The highest BCUT2D eigenvalue weighted by Gasteiger charge is 2.08. The smallest absolute Gasteiger partial charge is 0.226 e. The lowest BCUT2D eigenvalue weighted by Crippen LogP contribution is -1.97. The maximum Gasteiger partial charge on any atom is 0.226 e. The SMILES string of the molecule is CSc1nc(N)cc(Oc2ccc(-c3nnc(Nc4ccc(C)cc4)[nH]3)cc2)n1. The molecule has 2 aromatic carbocycles. The molecule has 29 heavy (non-hydrogen) atoms. The van der Waals surface area contributed by atoms with Crippen LogP contribution in [-0.2, 0) is 0 Å². The van der Waals surface area contributed by atoms with E-state index in [-0.39, 0.29) is 0 Å². The van der Waals surface area contributed by atoms with Gasteiger partial charge >= 0.3 is 0 Å². The fraction of sp³-hybridized carbons (Fsp3) is 0.100. The van der Waals surface area contributed by atoms with Gasteiger partial charge in [0.25, 0.3) is 0 Å². The molecule has 4 aromatic rings. The first-order valence-electron chi connectivity index (χ1n) is 8.82. The van der Waals surface area contributed by atoms with E-state index in [1.807, 2.05) is 61.7 Å². The third-order valence-electron chi connectivity index (χ3n) is 4.04. The summed E-state index contributed by atoms with van der Waals surface area (Å²) in [5.41, 5.74) is 8.81. The van der Waals surface area contributed by atoms with Crippen molar-refractivity contribution in [1.29, 1.82) is 0 Å². The molecule has 4 rings (SSSR count). The monoisotopic (exact) mass is 405 g/mol. The van der Waals surface area contributed by atoms with Gasteiger partial charge in [-0.3, -0.25) is 0 Å². The van der Waals surface area contributed by atoms with Crippen LogP contribution in [0.15, 0.2) is 59.8 Å². The standard InChI is InChI=1S/C20H19N7OS/c1-12-3-7-14(8-4-12)22-19-25-18(26-27-19)13-5-9-15(10-6-13)28-17-11-16(21)23-20(24-17)29-2/h3-11H,1-2H3,(H2,21,23,24)(H2,22,25,26,27). The van der Waals surface area contributed by atoms with Crippen LogP contribution in [0.3, 0.4) is 0 Å². The van der Waals surface area contributed by atoms with E-state index in [4.69, 9.17) is 10.5 Å². The van der Waals surface area contributed by atoms with Crippen LogP contribution in [0.5, 0.6) is 11.6 Å². The van der Waals surface area contributed by atoms with Crippen LogP contribution in [-0.4, -0.2) is 31.4 Å². The van der Waals surface area contributed by atoms with Gasteiger partial charge in [-0.1, -0.05) is 29.5 Å². The number of rotatable bonds is 6. The predicted octanol–water partition coefficient (Wildman–Crippen LogP) is 4.41. The summed E-state index contributed by atoms with van der Waals surface area (Å²) >= 11 is 1.40. The molecule has 0 amide bonds. The molecule has 0 spiro atoms. The molecule has 0 unspecified atom stereocenters. The van der Waals surface area contributed by atoms with Crippen LogP contribution in [0.1, 0.15) is 5.56 Å². The number of aryl methyl sites for hydroxylation is 1. The fourth-order valence-corrected chi connectivity index (χ4v) is 2.97. The van der Waals surface area contributed by atoms with E-state index in [0.29, 0.717) is 34.4 Å². The van der Waals surface area contributed by atoms with Crippen molar-refractivity contribution in [2.45, 2.75) is 12.1 Å². The Kier molecular flexibility index (Phi) is 5.30. The largest absolute Gasteiger partial charge is 0.439 e. The molecule has 0 atom stereocenters. The minimum Gasteiger partial charge on any atom is -0.439 e. The van der Waals surface area contributed by atoms with Crippen LogP contribution < -0.4 is 15.8 Å². The molecule has 0 fully saturated rings. The van der Waals surface area contributed by atoms with Gasteiger partial charge in [0.05, 0.1) is 0 Å². The Hall–Kier alpha value is -3.59. The summed E-state index contributed by atoms with van der Waals surface area (Å²) < 4.78 is 5.78. The Balaban J connectivity index is 1.46. The van der Waals surface area contributed by atoms with E-state index in [1.165, 1.54) is 17.3 Å². The molecule has 0 aliphatic carbocycles. The lowest BCUT2D eigenvalue weighted by Gasteiger charge is -2.07. The molecule has 0 radical (unpaired) electrons. The van der Waals surface area contributed by atoms with Gasteiger partial charge in [0.2, 0.25) is 11.8 Å². The van der Waals surface area contributed by atoms with Crippen LogP contribution >= 0.6 is 11.8 Å². The number of nitrogen functional groups attached to an aromatic ring is 1. The van der Waals surface area contributed by atoms with Gasteiger partial charge in [-0.15, -0.1) is 10.2 Å². The van der Waals surface area contributed by atoms with Crippen LogP contribution in [0.2, 0.25) is 0 Å². The zero-order valence-electron chi connectivity index (χ0n) is 15.9. The van der Waals surface area contributed by atoms with Crippen LogP contribution in [0.4, 0.5) is 17.5 Å². The Morgan fingerprint density at radius 3 is 2.48 bits per heavy atom. The van der Waals surface area contributed by atoms with E-state index >= 15 is 0 Å². The number of H-pyrrole nitrogens is 1. The van der Waals surface area contributed by atoms with Gasteiger partial charge < -0.3 is 20.8 Å². The summed E-state index contributed by atoms with van der Waals surface area (Å²) in [6, 6.07) is 17.1. The molecule has 0 bridgehead atoms. The zero-order chi connectivity index (χ0) is 20.2. The Morgan fingerprint density at radius 1 is 1.00 bits per heavy atom. The average Bonchev–Trinajstić information content (AvgIpc) is 3.18. The number of nitrogens with zero attached hydrogens (tertiary/aromatic N) is 4. The number of anilines is 3. The lowest BCUT2D eigenvalue weighted by molar-refractivity contribution is 0.456. The van der Waals surface area contributed by atoms with E-state index in [9.17, 15) is 0 Å². The zero-order valence-corrected chi connectivity index (χ0v) is 16.7. The topological polar surface area (TPSA) is 115 Å². The van der Waals surface area contributed by atoms with E-state index in [1.54, 1.807) is 6.07 Å². The predicted molar refractivity (Wildman–Crippen MR) is 115 cm³/mol. The van der Waals surface area contributed by atoms with Crippen molar-refractivity contribution in [3.05, 3.63) is 60.2 Å². The summed E-state index contributed by atoms with van der Waals surface area (Å²) in [5, 5.41) is 12.1. The second-order valence-electron chi connectivity index (χ2n) is 6.26.